The minimum atomic E-state index is -2.03. The smallest absolute Gasteiger partial charge is 0.334 e. The predicted octanol–water partition coefficient (Wildman–Crippen LogP) is 3.07. The van der Waals surface area contributed by atoms with E-state index in [0.717, 1.165) is 26.1 Å². The van der Waals surface area contributed by atoms with Crippen molar-refractivity contribution in [3.8, 4) is 0 Å². The van der Waals surface area contributed by atoms with E-state index in [4.69, 9.17) is 8.85 Å². The third-order valence-corrected chi connectivity index (χ3v) is 3.44. The Kier molecular flexibility index (Phi) is 7.61. The first-order valence-electron chi connectivity index (χ1n) is 5.25. The monoisotopic (exact) mass is 203 g/mol. The van der Waals surface area contributed by atoms with E-state index in [9.17, 15) is 0 Å². The van der Waals surface area contributed by atoms with Gasteiger partial charge in [-0.2, -0.15) is 0 Å². The Morgan fingerprint density at radius 1 is 1.00 bits per heavy atom. The molecule has 0 aliphatic heterocycles. The summed E-state index contributed by atoms with van der Waals surface area (Å²) in [5.41, 5.74) is 0. The Morgan fingerprint density at radius 2 is 1.38 bits per heavy atom. The zero-order valence-corrected chi connectivity index (χ0v) is 10.3. The maximum absolute atomic E-state index is 5.62. The lowest BCUT2D eigenvalue weighted by atomic mass is 10.4. The highest BCUT2D eigenvalue weighted by molar-refractivity contribution is 6.67. The van der Waals surface area contributed by atoms with Crippen LogP contribution in [0.5, 0.6) is 0 Å². The van der Waals surface area contributed by atoms with E-state index in [1.54, 1.807) is 0 Å². The molecule has 0 amide bonds. The molecule has 0 rings (SSSR count). The van der Waals surface area contributed by atoms with Gasteiger partial charge in [0, 0.05) is 13.2 Å². The van der Waals surface area contributed by atoms with Crippen LogP contribution in [0.3, 0.4) is 0 Å². The van der Waals surface area contributed by atoms with Crippen LogP contribution in [0.2, 0.25) is 6.55 Å². The molecule has 0 bridgehead atoms. The SMILES string of the molecule is [CH2][Si](C)(OCCCC)OCCCC. The lowest BCUT2D eigenvalue weighted by molar-refractivity contribution is 0.179. The summed E-state index contributed by atoms with van der Waals surface area (Å²) in [5.74, 6) is 0. The van der Waals surface area contributed by atoms with E-state index in [2.05, 4.69) is 20.4 Å². The molecule has 0 atom stereocenters. The topological polar surface area (TPSA) is 18.5 Å². The molecule has 0 unspecified atom stereocenters. The molecule has 0 saturated carbocycles. The first kappa shape index (κ1) is 13.1. The van der Waals surface area contributed by atoms with E-state index in [1.165, 1.54) is 12.8 Å². The quantitative estimate of drug-likeness (QED) is 0.446. The maximum atomic E-state index is 5.62. The molecule has 0 N–H and O–H groups in total. The molecule has 0 aromatic heterocycles. The maximum Gasteiger partial charge on any atom is 0.334 e. The summed E-state index contributed by atoms with van der Waals surface area (Å²) in [6.45, 7) is 11.9. The van der Waals surface area contributed by atoms with Gasteiger partial charge in [-0.15, -0.1) is 0 Å². The zero-order chi connectivity index (χ0) is 10.2. The molecule has 0 aromatic carbocycles. The van der Waals surface area contributed by atoms with Gasteiger partial charge in [0.1, 0.15) is 0 Å². The third kappa shape index (κ3) is 8.47. The summed E-state index contributed by atoms with van der Waals surface area (Å²) >= 11 is 0. The first-order chi connectivity index (χ1) is 6.12. The fourth-order valence-electron chi connectivity index (χ4n) is 0.906. The number of hydrogen-bond acceptors (Lipinski definition) is 2. The number of hydrogen-bond donors (Lipinski definition) is 0. The van der Waals surface area contributed by atoms with Gasteiger partial charge in [0.2, 0.25) is 0 Å². The van der Waals surface area contributed by atoms with Gasteiger partial charge in [0.05, 0.1) is 0 Å². The zero-order valence-electron chi connectivity index (χ0n) is 9.27. The molecule has 79 valence electrons. The van der Waals surface area contributed by atoms with Crippen molar-refractivity contribution < 1.29 is 8.85 Å². The van der Waals surface area contributed by atoms with E-state index in [-0.39, 0.29) is 0 Å². The highest BCUT2D eigenvalue weighted by atomic mass is 28.4. The Hall–Kier alpha value is 0.137. The van der Waals surface area contributed by atoms with Crippen LogP contribution in [0.25, 0.3) is 0 Å². The van der Waals surface area contributed by atoms with Gasteiger partial charge in [-0.1, -0.05) is 26.7 Å². The summed E-state index contributed by atoms with van der Waals surface area (Å²) in [6.07, 6.45) is 4.55. The van der Waals surface area contributed by atoms with Gasteiger partial charge in [-0.05, 0) is 25.9 Å². The van der Waals surface area contributed by atoms with E-state index in [0.29, 0.717) is 0 Å². The minimum Gasteiger partial charge on any atom is -0.394 e. The molecular formula is C10H23O2Si. The van der Waals surface area contributed by atoms with E-state index in [1.807, 2.05) is 6.55 Å². The van der Waals surface area contributed by atoms with Crippen molar-refractivity contribution in [2.24, 2.45) is 0 Å². The molecule has 0 saturated heterocycles. The Bertz CT molecular complexity index is 103. The Balaban J connectivity index is 3.42. The van der Waals surface area contributed by atoms with Crippen LogP contribution >= 0.6 is 0 Å². The summed E-state index contributed by atoms with van der Waals surface area (Å²) in [4.78, 5) is 0. The van der Waals surface area contributed by atoms with Crippen LogP contribution in [0.1, 0.15) is 39.5 Å². The third-order valence-electron chi connectivity index (χ3n) is 1.81. The molecule has 0 aromatic rings. The van der Waals surface area contributed by atoms with Crippen molar-refractivity contribution >= 4 is 8.56 Å². The Morgan fingerprint density at radius 3 is 1.69 bits per heavy atom. The lowest BCUT2D eigenvalue weighted by Gasteiger charge is -2.22. The van der Waals surface area contributed by atoms with Crippen LogP contribution < -0.4 is 0 Å². The van der Waals surface area contributed by atoms with E-state index < -0.39 is 8.56 Å². The van der Waals surface area contributed by atoms with Crippen molar-refractivity contribution in [2.75, 3.05) is 13.2 Å². The molecule has 2 nitrogen and oxygen atoms in total. The minimum absolute atomic E-state index is 0.800. The molecule has 0 aliphatic rings. The van der Waals surface area contributed by atoms with Gasteiger partial charge in [0.25, 0.3) is 0 Å². The molecular weight excluding hydrogens is 180 g/mol. The van der Waals surface area contributed by atoms with Gasteiger partial charge >= 0.3 is 8.56 Å². The summed E-state index contributed by atoms with van der Waals surface area (Å²) < 4.78 is 11.2. The van der Waals surface area contributed by atoms with Crippen molar-refractivity contribution in [1.82, 2.24) is 0 Å². The molecule has 0 heterocycles. The predicted molar refractivity (Wildman–Crippen MR) is 58.7 cm³/mol. The van der Waals surface area contributed by atoms with Gasteiger partial charge in [-0.3, -0.25) is 0 Å². The molecule has 0 fully saturated rings. The second kappa shape index (κ2) is 7.53. The standard InChI is InChI=1S/C10H23O2Si/c1-5-7-9-11-13(3,4)12-10-8-6-2/h3,5-10H2,1-2,4H3. The second-order valence-corrected chi connectivity index (χ2v) is 6.38. The summed E-state index contributed by atoms with van der Waals surface area (Å²) in [7, 11) is -2.03. The molecule has 0 spiro atoms. The second-order valence-electron chi connectivity index (χ2n) is 3.54. The van der Waals surface area contributed by atoms with Crippen LogP contribution in [-0.2, 0) is 8.85 Å². The van der Waals surface area contributed by atoms with Gasteiger partial charge in [0.15, 0.2) is 0 Å². The van der Waals surface area contributed by atoms with Crippen molar-refractivity contribution in [3.63, 3.8) is 0 Å². The van der Waals surface area contributed by atoms with Gasteiger partial charge < -0.3 is 8.85 Å². The van der Waals surface area contributed by atoms with Gasteiger partial charge in [-0.25, -0.2) is 0 Å². The summed E-state index contributed by atoms with van der Waals surface area (Å²) in [5, 5.41) is 0. The van der Waals surface area contributed by atoms with Crippen molar-refractivity contribution in [2.45, 2.75) is 46.1 Å². The number of unbranched alkanes of at least 4 members (excludes halogenated alkanes) is 2. The van der Waals surface area contributed by atoms with Crippen LogP contribution in [0, 0.1) is 6.55 Å². The highest BCUT2D eigenvalue weighted by Gasteiger charge is 2.23. The van der Waals surface area contributed by atoms with Crippen LogP contribution in [0.4, 0.5) is 0 Å². The number of rotatable bonds is 8. The molecule has 3 heteroatoms. The lowest BCUT2D eigenvalue weighted by Crippen LogP contribution is -2.36. The van der Waals surface area contributed by atoms with E-state index >= 15 is 0 Å². The Labute approximate surface area is 83.9 Å². The fraction of sp³-hybridized carbons (Fsp3) is 0.900. The summed E-state index contributed by atoms with van der Waals surface area (Å²) in [6, 6.07) is 0. The first-order valence-corrected chi connectivity index (χ1v) is 7.78. The molecule has 1 radical (unpaired) electrons. The average Bonchev–Trinajstić information content (AvgIpc) is 2.05. The highest BCUT2D eigenvalue weighted by Crippen LogP contribution is 2.07. The fourth-order valence-corrected chi connectivity index (χ4v) is 2.14. The van der Waals surface area contributed by atoms with Crippen molar-refractivity contribution in [3.05, 3.63) is 6.55 Å². The average molecular weight is 203 g/mol. The van der Waals surface area contributed by atoms with Crippen LogP contribution in [-0.4, -0.2) is 21.8 Å². The normalized spacial score (nSPS) is 12.0. The molecule has 13 heavy (non-hydrogen) atoms. The van der Waals surface area contributed by atoms with Crippen molar-refractivity contribution in [1.29, 1.82) is 0 Å². The largest absolute Gasteiger partial charge is 0.394 e. The van der Waals surface area contributed by atoms with Crippen LogP contribution in [0.15, 0.2) is 0 Å². The molecule has 0 aliphatic carbocycles.